The smallest absolute Gasteiger partial charge is 0.179 e. The second-order valence-electron chi connectivity index (χ2n) is 4.85. The van der Waals surface area contributed by atoms with Crippen LogP contribution in [-0.4, -0.2) is 18.2 Å². The number of hydrogen-bond donors (Lipinski definition) is 1. The fourth-order valence-corrected chi connectivity index (χ4v) is 2.44. The monoisotopic (exact) mass is 315 g/mol. The molecule has 2 aromatic rings. The third-order valence-electron chi connectivity index (χ3n) is 3.24. The van der Waals surface area contributed by atoms with E-state index < -0.39 is 0 Å². The van der Waals surface area contributed by atoms with Gasteiger partial charge < -0.3 is 14.8 Å². The first-order valence-corrected chi connectivity index (χ1v) is 7.32. The van der Waals surface area contributed by atoms with Crippen molar-refractivity contribution in [3.63, 3.8) is 0 Å². The number of nitrogens with one attached hydrogen (secondary N) is 1. The average Bonchev–Trinajstić information content (AvgIpc) is 2.79. The first kappa shape index (κ1) is 14.5. The molecule has 112 valence electrons. The molecule has 1 aromatic carbocycles. The lowest BCUT2D eigenvalue weighted by Gasteiger charge is -2.12. The molecule has 1 aliphatic rings. The van der Waals surface area contributed by atoms with Crippen LogP contribution >= 0.6 is 11.6 Å². The van der Waals surface area contributed by atoms with Crippen LogP contribution in [-0.2, 0) is 6.54 Å². The Labute approximate surface area is 133 Å². The van der Waals surface area contributed by atoms with E-state index in [1.165, 1.54) is 0 Å². The average molecular weight is 316 g/mol. The van der Waals surface area contributed by atoms with E-state index in [1.807, 2.05) is 24.3 Å². The summed E-state index contributed by atoms with van der Waals surface area (Å²) in [6.07, 6.45) is 2.47. The van der Waals surface area contributed by atoms with Crippen molar-refractivity contribution in [3.05, 3.63) is 46.7 Å². The summed E-state index contributed by atoms with van der Waals surface area (Å²) in [4.78, 5) is 4.02. The van der Waals surface area contributed by atoms with Crippen molar-refractivity contribution >= 4 is 17.3 Å². The summed E-state index contributed by atoms with van der Waals surface area (Å²) in [5.74, 6) is 1.29. The third kappa shape index (κ3) is 3.23. The lowest BCUT2D eigenvalue weighted by molar-refractivity contribution is 0.297. The summed E-state index contributed by atoms with van der Waals surface area (Å²) in [6.45, 7) is 1.81. The number of nitrogens with zero attached hydrogens (tertiary/aromatic N) is 2. The van der Waals surface area contributed by atoms with Gasteiger partial charge in [-0.3, -0.25) is 0 Å². The number of fused-ring (bicyclic) bond motifs is 1. The van der Waals surface area contributed by atoms with Gasteiger partial charge in [-0.15, -0.1) is 0 Å². The topological polar surface area (TPSA) is 67.2 Å². The number of halogens is 1. The van der Waals surface area contributed by atoms with Crippen LogP contribution < -0.4 is 14.8 Å². The van der Waals surface area contributed by atoms with Gasteiger partial charge >= 0.3 is 0 Å². The molecule has 0 saturated heterocycles. The van der Waals surface area contributed by atoms with Crippen molar-refractivity contribution in [3.8, 4) is 17.6 Å². The number of pyridine rings is 1. The van der Waals surface area contributed by atoms with Gasteiger partial charge in [0.05, 0.1) is 30.1 Å². The maximum atomic E-state index is 8.73. The zero-order chi connectivity index (χ0) is 15.4. The standard InChI is InChI=1S/C16H14ClN3O2/c17-14-6-11(7-15-16(14)22-5-1-4-21-15)9-19-13-3-2-12(8-18)20-10-13/h2-3,6-7,10,19H,1,4-5,9H2. The first-order chi connectivity index (χ1) is 10.8. The SMILES string of the molecule is N#Cc1ccc(NCc2cc(Cl)c3c(c2)OCCCO3)cn1. The highest BCUT2D eigenvalue weighted by Crippen LogP contribution is 2.38. The summed E-state index contributed by atoms with van der Waals surface area (Å²) in [6, 6.07) is 9.26. The van der Waals surface area contributed by atoms with Crippen LogP contribution in [0.5, 0.6) is 11.5 Å². The molecule has 0 spiro atoms. The van der Waals surface area contributed by atoms with E-state index in [2.05, 4.69) is 10.3 Å². The maximum Gasteiger partial charge on any atom is 0.179 e. The lowest BCUT2D eigenvalue weighted by atomic mass is 10.2. The van der Waals surface area contributed by atoms with Crippen molar-refractivity contribution < 1.29 is 9.47 Å². The van der Waals surface area contributed by atoms with Crippen molar-refractivity contribution in [2.24, 2.45) is 0 Å². The van der Waals surface area contributed by atoms with Crippen LogP contribution in [0.3, 0.4) is 0 Å². The van der Waals surface area contributed by atoms with Crippen LogP contribution in [0, 0.1) is 11.3 Å². The Bertz CT molecular complexity index is 711. The summed E-state index contributed by atoms with van der Waals surface area (Å²) >= 11 is 6.26. The Hall–Kier alpha value is -2.45. The number of rotatable bonds is 3. The molecule has 0 aliphatic carbocycles. The number of anilines is 1. The highest BCUT2D eigenvalue weighted by molar-refractivity contribution is 6.32. The molecule has 22 heavy (non-hydrogen) atoms. The quantitative estimate of drug-likeness (QED) is 0.940. The summed E-state index contributed by atoms with van der Waals surface area (Å²) in [5, 5.41) is 12.5. The second-order valence-corrected chi connectivity index (χ2v) is 5.26. The van der Waals surface area contributed by atoms with Crippen molar-refractivity contribution in [2.45, 2.75) is 13.0 Å². The van der Waals surface area contributed by atoms with Gasteiger partial charge in [0, 0.05) is 13.0 Å². The predicted octanol–water partition coefficient (Wildman–Crippen LogP) is 3.38. The van der Waals surface area contributed by atoms with E-state index in [1.54, 1.807) is 12.3 Å². The van der Waals surface area contributed by atoms with Gasteiger partial charge in [-0.25, -0.2) is 4.98 Å². The zero-order valence-electron chi connectivity index (χ0n) is 11.8. The van der Waals surface area contributed by atoms with Gasteiger partial charge in [0.15, 0.2) is 11.5 Å². The molecular formula is C16H14ClN3O2. The van der Waals surface area contributed by atoms with Crippen LogP contribution in [0.4, 0.5) is 5.69 Å². The molecule has 0 radical (unpaired) electrons. The highest BCUT2D eigenvalue weighted by atomic mass is 35.5. The van der Waals surface area contributed by atoms with Gasteiger partial charge in [0.25, 0.3) is 0 Å². The Morgan fingerprint density at radius 2 is 2.14 bits per heavy atom. The molecule has 0 fully saturated rings. The summed E-state index contributed by atoms with van der Waals surface area (Å²) in [7, 11) is 0. The van der Waals surface area contributed by atoms with Gasteiger partial charge in [-0.05, 0) is 29.8 Å². The zero-order valence-corrected chi connectivity index (χ0v) is 12.6. The highest BCUT2D eigenvalue weighted by Gasteiger charge is 2.15. The van der Waals surface area contributed by atoms with E-state index in [0.717, 1.165) is 17.7 Å². The van der Waals surface area contributed by atoms with Crippen molar-refractivity contribution in [2.75, 3.05) is 18.5 Å². The molecule has 1 aromatic heterocycles. The molecule has 1 N–H and O–H groups in total. The molecular weight excluding hydrogens is 302 g/mol. The van der Waals surface area contributed by atoms with Crippen LogP contribution in [0.2, 0.25) is 5.02 Å². The van der Waals surface area contributed by atoms with E-state index in [0.29, 0.717) is 42.0 Å². The van der Waals surface area contributed by atoms with Crippen LogP contribution in [0.1, 0.15) is 17.7 Å². The lowest BCUT2D eigenvalue weighted by Crippen LogP contribution is -2.01. The molecule has 5 nitrogen and oxygen atoms in total. The molecule has 0 atom stereocenters. The minimum atomic E-state index is 0.393. The number of benzene rings is 1. The maximum absolute atomic E-state index is 8.73. The molecule has 2 heterocycles. The van der Waals surface area contributed by atoms with Gasteiger partial charge in [-0.1, -0.05) is 11.6 Å². The molecule has 0 amide bonds. The molecule has 0 bridgehead atoms. The molecule has 0 unspecified atom stereocenters. The number of hydrogen-bond acceptors (Lipinski definition) is 5. The number of ether oxygens (including phenoxy) is 2. The predicted molar refractivity (Wildman–Crippen MR) is 83.3 cm³/mol. The number of nitriles is 1. The summed E-state index contributed by atoms with van der Waals surface area (Å²) < 4.78 is 11.3. The minimum absolute atomic E-state index is 0.393. The number of aromatic nitrogens is 1. The van der Waals surface area contributed by atoms with Gasteiger partial charge in [0.1, 0.15) is 11.8 Å². The third-order valence-corrected chi connectivity index (χ3v) is 3.52. The molecule has 6 heteroatoms. The van der Waals surface area contributed by atoms with Crippen LogP contribution in [0.15, 0.2) is 30.5 Å². The second kappa shape index (κ2) is 6.54. The van der Waals surface area contributed by atoms with Crippen molar-refractivity contribution in [1.29, 1.82) is 5.26 Å². The Morgan fingerprint density at radius 3 is 2.91 bits per heavy atom. The van der Waals surface area contributed by atoms with Gasteiger partial charge in [-0.2, -0.15) is 5.26 Å². The molecule has 0 saturated carbocycles. The summed E-state index contributed by atoms with van der Waals surface area (Å²) in [5.41, 5.74) is 2.21. The Morgan fingerprint density at radius 1 is 1.27 bits per heavy atom. The van der Waals surface area contributed by atoms with E-state index in [9.17, 15) is 0 Å². The molecule has 1 aliphatic heterocycles. The van der Waals surface area contributed by atoms with Gasteiger partial charge in [0.2, 0.25) is 0 Å². The fraction of sp³-hybridized carbons (Fsp3) is 0.250. The van der Waals surface area contributed by atoms with E-state index in [4.69, 9.17) is 26.3 Å². The van der Waals surface area contributed by atoms with E-state index >= 15 is 0 Å². The van der Waals surface area contributed by atoms with Crippen molar-refractivity contribution in [1.82, 2.24) is 4.98 Å². The normalized spacial score (nSPS) is 13.1. The Kier molecular flexibility index (Phi) is 4.31. The van der Waals surface area contributed by atoms with E-state index in [-0.39, 0.29) is 0 Å². The first-order valence-electron chi connectivity index (χ1n) is 6.94. The van der Waals surface area contributed by atoms with Crippen LogP contribution in [0.25, 0.3) is 0 Å². The largest absolute Gasteiger partial charge is 0.489 e. The fourth-order valence-electron chi connectivity index (χ4n) is 2.15. The minimum Gasteiger partial charge on any atom is -0.489 e. The molecule has 3 rings (SSSR count). The Balaban J connectivity index is 1.73.